The van der Waals surface area contributed by atoms with E-state index in [-0.39, 0.29) is 12.6 Å². The van der Waals surface area contributed by atoms with Gasteiger partial charge < -0.3 is 15.7 Å². The summed E-state index contributed by atoms with van der Waals surface area (Å²) in [4.78, 5) is 15.8. The fourth-order valence-electron chi connectivity index (χ4n) is 1.72. The molecule has 0 aliphatic heterocycles. The van der Waals surface area contributed by atoms with Crippen molar-refractivity contribution >= 4 is 23.1 Å². The first-order valence-electron chi connectivity index (χ1n) is 6.20. The minimum absolute atomic E-state index is 0.139. The van der Waals surface area contributed by atoms with Crippen molar-refractivity contribution in [1.29, 1.82) is 0 Å². The monoisotopic (exact) mass is 291 g/mol. The van der Waals surface area contributed by atoms with Crippen LogP contribution in [0.1, 0.15) is 18.2 Å². The maximum Gasteiger partial charge on any atom is 0.319 e. The molecule has 0 aliphatic rings. The van der Waals surface area contributed by atoms with Crippen molar-refractivity contribution in [2.24, 2.45) is 0 Å². The molecule has 1 unspecified atom stereocenters. The summed E-state index contributed by atoms with van der Waals surface area (Å²) in [5, 5.41) is 19.4. The molecule has 3 N–H and O–H groups in total. The second kappa shape index (κ2) is 6.02. The summed E-state index contributed by atoms with van der Waals surface area (Å²) in [7, 11) is 0. The molecule has 0 radical (unpaired) electrons. The predicted octanol–water partition coefficient (Wildman–Crippen LogP) is 2.48. The van der Waals surface area contributed by atoms with E-state index in [9.17, 15) is 9.90 Å². The molecule has 20 heavy (non-hydrogen) atoms. The lowest BCUT2D eigenvalue weighted by atomic mass is 9.99. The standard InChI is InChI=1S/C14H17N3O2S/c1-10-7-12(3-5-15-10)17-13(18)16-9-14(2,19)11-4-6-20-8-11/h3-8,19H,9H2,1-2H3,(H2,15,16,17,18). The third-order valence-corrected chi connectivity index (χ3v) is 3.57. The average molecular weight is 291 g/mol. The van der Waals surface area contributed by atoms with Gasteiger partial charge in [0.2, 0.25) is 0 Å². The average Bonchev–Trinajstić information content (AvgIpc) is 2.91. The van der Waals surface area contributed by atoms with Gasteiger partial charge in [-0.3, -0.25) is 4.98 Å². The molecular weight excluding hydrogens is 274 g/mol. The molecule has 0 saturated heterocycles. The molecule has 0 spiro atoms. The molecule has 2 heterocycles. The Kier molecular flexibility index (Phi) is 4.36. The summed E-state index contributed by atoms with van der Waals surface area (Å²) in [5.41, 5.74) is 1.21. The minimum Gasteiger partial charge on any atom is -0.384 e. The van der Waals surface area contributed by atoms with Crippen LogP contribution in [0.3, 0.4) is 0 Å². The second-order valence-electron chi connectivity index (χ2n) is 4.78. The third kappa shape index (κ3) is 3.79. The van der Waals surface area contributed by atoms with Crippen molar-refractivity contribution in [2.75, 3.05) is 11.9 Å². The minimum atomic E-state index is -1.08. The Hall–Kier alpha value is -1.92. The van der Waals surface area contributed by atoms with Gasteiger partial charge in [-0.2, -0.15) is 11.3 Å². The van der Waals surface area contributed by atoms with Crippen LogP contribution in [0.15, 0.2) is 35.2 Å². The highest BCUT2D eigenvalue weighted by Crippen LogP contribution is 2.22. The van der Waals surface area contributed by atoms with E-state index in [1.807, 2.05) is 23.8 Å². The number of urea groups is 1. The number of carbonyl (C=O) groups is 1. The summed E-state index contributed by atoms with van der Waals surface area (Å²) in [6.45, 7) is 3.66. The lowest BCUT2D eigenvalue weighted by Gasteiger charge is -2.22. The number of pyridine rings is 1. The van der Waals surface area contributed by atoms with Crippen LogP contribution in [0, 0.1) is 6.92 Å². The van der Waals surface area contributed by atoms with Crippen LogP contribution >= 0.6 is 11.3 Å². The van der Waals surface area contributed by atoms with Gasteiger partial charge in [-0.25, -0.2) is 4.79 Å². The van der Waals surface area contributed by atoms with Crippen molar-refractivity contribution in [3.63, 3.8) is 0 Å². The lowest BCUT2D eigenvalue weighted by molar-refractivity contribution is 0.0604. The van der Waals surface area contributed by atoms with E-state index in [1.54, 1.807) is 25.3 Å². The number of nitrogens with zero attached hydrogens (tertiary/aromatic N) is 1. The normalized spacial score (nSPS) is 13.6. The van der Waals surface area contributed by atoms with Gasteiger partial charge in [-0.1, -0.05) is 0 Å². The quantitative estimate of drug-likeness (QED) is 0.810. The van der Waals surface area contributed by atoms with Gasteiger partial charge in [0.05, 0.1) is 6.54 Å². The van der Waals surface area contributed by atoms with Crippen molar-refractivity contribution in [2.45, 2.75) is 19.4 Å². The molecule has 2 amide bonds. The number of aliphatic hydroxyl groups is 1. The van der Waals surface area contributed by atoms with E-state index < -0.39 is 5.60 Å². The topological polar surface area (TPSA) is 74.2 Å². The van der Waals surface area contributed by atoms with Crippen LogP contribution in [-0.2, 0) is 5.60 Å². The highest BCUT2D eigenvalue weighted by Gasteiger charge is 2.24. The van der Waals surface area contributed by atoms with E-state index in [0.717, 1.165) is 11.3 Å². The zero-order chi connectivity index (χ0) is 14.6. The number of carbonyl (C=O) groups excluding carboxylic acids is 1. The van der Waals surface area contributed by atoms with E-state index in [2.05, 4.69) is 15.6 Å². The number of nitrogens with one attached hydrogen (secondary N) is 2. The van der Waals surface area contributed by atoms with E-state index in [1.165, 1.54) is 11.3 Å². The SMILES string of the molecule is Cc1cc(NC(=O)NCC(C)(O)c2ccsc2)ccn1. The summed E-state index contributed by atoms with van der Waals surface area (Å²) in [6, 6.07) is 4.97. The number of anilines is 1. The van der Waals surface area contributed by atoms with Crippen molar-refractivity contribution in [1.82, 2.24) is 10.3 Å². The summed E-state index contributed by atoms with van der Waals surface area (Å²) in [5.74, 6) is 0. The molecule has 5 nitrogen and oxygen atoms in total. The maximum absolute atomic E-state index is 11.8. The van der Waals surface area contributed by atoms with Crippen LogP contribution in [0.5, 0.6) is 0 Å². The van der Waals surface area contributed by atoms with E-state index in [0.29, 0.717) is 5.69 Å². The number of aromatic nitrogens is 1. The number of amides is 2. The molecule has 1 atom stereocenters. The molecule has 2 aromatic heterocycles. The molecule has 0 fully saturated rings. The predicted molar refractivity (Wildman–Crippen MR) is 79.9 cm³/mol. The van der Waals surface area contributed by atoms with Crippen molar-refractivity contribution in [3.8, 4) is 0 Å². The molecule has 2 rings (SSSR count). The first-order chi connectivity index (χ1) is 9.47. The smallest absolute Gasteiger partial charge is 0.319 e. The Morgan fingerprint density at radius 2 is 2.30 bits per heavy atom. The highest BCUT2D eigenvalue weighted by atomic mass is 32.1. The second-order valence-corrected chi connectivity index (χ2v) is 5.56. The Balaban J connectivity index is 1.89. The van der Waals surface area contributed by atoms with Crippen molar-refractivity contribution < 1.29 is 9.90 Å². The number of hydrogen-bond donors (Lipinski definition) is 3. The molecule has 0 aliphatic carbocycles. The van der Waals surface area contributed by atoms with Gasteiger partial charge in [0.1, 0.15) is 5.60 Å². The number of thiophene rings is 1. The third-order valence-electron chi connectivity index (χ3n) is 2.89. The van der Waals surface area contributed by atoms with E-state index in [4.69, 9.17) is 0 Å². The maximum atomic E-state index is 11.8. The molecule has 2 aromatic rings. The summed E-state index contributed by atoms with van der Waals surface area (Å²) >= 11 is 1.51. The molecule has 106 valence electrons. The van der Waals surface area contributed by atoms with Crippen LogP contribution in [0.2, 0.25) is 0 Å². The largest absolute Gasteiger partial charge is 0.384 e. The molecular formula is C14H17N3O2S. The zero-order valence-corrected chi connectivity index (χ0v) is 12.2. The Morgan fingerprint density at radius 1 is 1.50 bits per heavy atom. The van der Waals surface area contributed by atoms with E-state index >= 15 is 0 Å². The summed E-state index contributed by atoms with van der Waals surface area (Å²) in [6.07, 6.45) is 1.63. The fourth-order valence-corrected chi connectivity index (χ4v) is 2.51. The number of rotatable bonds is 4. The first kappa shape index (κ1) is 14.5. The fraction of sp³-hybridized carbons (Fsp3) is 0.286. The van der Waals surface area contributed by atoms with Gasteiger partial charge in [-0.05, 0) is 48.4 Å². The first-order valence-corrected chi connectivity index (χ1v) is 7.14. The Bertz CT molecular complexity index is 582. The Labute approximate surface area is 121 Å². The van der Waals surface area contributed by atoms with Crippen LogP contribution < -0.4 is 10.6 Å². The van der Waals surface area contributed by atoms with Gasteiger partial charge in [0, 0.05) is 17.6 Å². The van der Waals surface area contributed by atoms with Gasteiger partial charge in [-0.15, -0.1) is 0 Å². The van der Waals surface area contributed by atoms with Gasteiger partial charge in [0.15, 0.2) is 0 Å². The zero-order valence-electron chi connectivity index (χ0n) is 11.4. The molecule has 6 heteroatoms. The molecule has 0 saturated carbocycles. The molecule has 0 bridgehead atoms. The lowest BCUT2D eigenvalue weighted by Crippen LogP contribution is -2.40. The van der Waals surface area contributed by atoms with Crippen LogP contribution in [0.25, 0.3) is 0 Å². The Morgan fingerprint density at radius 3 is 2.95 bits per heavy atom. The van der Waals surface area contributed by atoms with Gasteiger partial charge >= 0.3 is 6.03 Å². The highest BCUT2D eigenvalue weighted by molar-refractivity contribution is 7.08. The number of hydrogen-bond acceptors (Lipinski definition) is 4. The van der Waals surface area contributed by atoms with Crippen LogP contribution in [-0.4, -0.2) is 22.7 Å². The summed E-state index contributed by atoms with van der Waals surface area (Å²) < 4.78 is 0. The molecule has 0 aromatic carbocycles. The van der Waals surface area contributed by atoms with Crippen LogP contribution in [0.4, 0.5) is 10.5 Å². The van der Waals surface area contributed by atoms with Gasteiger partial charge in [0.25, 0.3) is 0 Å². The van der Waals surface area contributed by atoms with Crippen molar-refractivity contribution in [3.05, 3.63) is 46.4 Å². The number of aryl methyl sites for hydroxylation is 1.